The largest absolute Gasteiger partial charge is 0.455 e. The van der Waals surface area contributed by atoms with E-state index in [2.05, 4.69) is 132 Å². The minimum atomic E-state index is 0.572. The Kier molecular flexibility index (Phi) is 6.27. The summed E-state index contributed by atoms with van der Waals surface area (Å²) in [5.41, 5.74) is 11.7. The van der Waals surface area contributed by atoms with Gasteiger partial charge in [-0.3, -0.25) is 0 Å². The van der Waals surface area contributed by atoms with Crippen LogP contribution in [0.25, 0.3) is 116 Å². The number of para-hydroxylation sites is 3. The highest BCUT2D eigenvalue weighted by Gasteiger charge is 2.25. The van der Waals surface area contributed by atoms with Gasteiger partial charge in [-0.25, -0.2) is 9.97 Å². The lowest BCUT2D eigenvalue weighted by Crippen LogP contribution is -1.98. The number of hydrogen-bond acceptors (Lipinski definition) is 4. The smallest absolute Gasteiger partial charge is 0.180 e. The van der Waals surface area contributed by atoms with Gasteiger partial charge in [0.2, 0.25) is 0 Å². The molecule has 0 atom stereocenters. The molecular weight excluding hydrogens is 675 g/mol. The molecule has 5 heteroatoms. The molecule has 0 fully saturated rings. The average Bonchev–Trinajstić information content (AvgIpc) is 3.93. The van der Waals surface area contributed by atoms with Gasteiger partial charge < -0.3 is 13.4 Å². The molecule has 4 aromatic heterocycles. The first-order chi connectivity index (χ1) is 27.3. The van der Waals surface area contributed by atoms with E-state index in [1.165, 1.54) is 21.5 Å². The third-order valence-corrected chi connectivity index (χ3v) is 11.0. The van der Waals surface area contributed by atoms with Gasteiger partial charge >= 0.3 is 0 Å². The SMILES string of the molecule is c1ccc(-c2cccc3c2oc2c(-c4ccccc4)nc(-c4ccc(-n5c6ccccc6c6cc7ccccc7cc65)c5c4oc4ccccc45)nc23)cc1. The number of aromatic nitrogens is 3. The van der Waals surface area contributed by atoms with Gasteiger partial charge in [0.25, 0.3) is 0 Å². The van der Waals surface area contributed by atoms with E-state index in [0.717, 1.165) is 83.1 Å². The second kappa shape index (κ2) is 11.5. The van der Waals surface area contributed by atoms with Gasteiger partial charge in [-0.2, -0.15) is 0 Å². The summed E-state index contributed by atoms with van der Waals surface area (Å²) in [6.45, 7) is 0. The molecule has 0 N–H and O–H groups in total. The van der Waals surface area contributed by atoms with Crippen molar-refractivity contribution in [3.63, 3.8) is 0 Å². The predicted molar refractivity (Wildman–Crippen MR) is 225 cm³/mol. The van der Waals surface area contributed by atoms with Crippen LogP contribution in [0.1, 0.15) is 0 Å². The summed E-state index contributed by atoms with van der Waals surface area (Å²) < 4.78 is 16.0. The Morgan fingerprint density at radius 1 is 0.418 bits per heavy atom. The van der Waals surface area contributed by atoms with Crippen LogP contribution in [0.3, 0.4) is 0 Å². The molecule has 0 aliphatic heterocycles. The van der Waals surface area contributed by atoms with E-state index < -0.39 is 0 Å². The van der Waals surface area contributed by atoms with Crippen molar-refractivity contribution in [1.82, 2.24) is 14.5 Å². The molecule has 4 heterocycles. The second-order valence-electron chi connectivity index (χ2n) is 14.1. The molecule has 0 aliphatic rings. The fourth-order valence-corrected chi connectivity index (χ4v) is 8.51. The zero-order valence-corrected chi connectivity index (χ0v) is 29.4. The molecule has 12 aromatic rings. The van der Waals surface area contributed by atoms with Crippen molar-refractivity contribution in [3.8, 4) is 39.5 Å². The van der Waals surface area contributed by atoms with Crippen LogP contribution >= 0.6 is 0 Å². The maximum Gasteiger partial charge on any atom is 0.180 e. The van der Waals surface area contributed by atoms with E-state index in [0.29, 0.717) is 11.4 Å². The molecule has 256 valence electrons. The van der Waals surface area contributed by atoms with Gasteiger partial charge in [0.15, 0.2) is 11.4 Å². The molecule has 12 rings (SSSR count). The maximum atomic E-state index is 6.86. The zero-order valence-electron chi connectivity index (χ0n) is 29.4. The van der Waals surface area contributed by atoms with Crippen LogP contribution < -0.4 is 0 Å². The van der Waals surface area contributed by atoms with Crippen LogP contribution in [0.2, 0.25) is 0 Å². The van der Waals surface area contributed by atoms with Crippen LogP contribution in [0.5, 0.6) is 0 Å². The first-order valence-electron chi connectivity index (χ1n) is 18.5. The third-order valence-electron chi connectivity index (χ3n) is 11.0. The highest BCUT2D eigenvalue weighted by molar-refractivity contribution is 6.18. The fraction of sp³-hybridized carbons (Fsp3) is 0. The van der Waals surface area contributed by atoms with Gasteiger partial charge in [-0.15, -0.1) is 0 Å². The summed E-state index contributed by atoms with van der Waals surface area (Å²) in [4.78, 5) is 10.6. The summed E-state index contributed by atoms with van der Waals surface area (Å²) in [5, 5.41) is 7.81. The third kappa shape index (κ3) is 4.41. The van der Waals surface area contributed by atoms with Gasteiger partial charge in [0.1, 0.15) is 28.0 Å². The van der Waals surface area contributed by atoms with E-state index in [-0.39, 0.29) is 0 Å². The van der Waals surface area contributed by atoms with E-state index in [4.69, 9.17) is 18.8 Å². The topological polar surface area (TPSA) is 57.0 Å². The number of nitrogens with zero attached hydrogens (tertiary/aromatic N) is 3. The molecule has 0 radical (unpaired) electrons. The average molecular weight is 704 g/mol. The molecule has 0 saturated carbocycles. The lowest BCUT2D eigenvalue weighted by atomic mass is 10.0. The van der Waals surface area contributed by atoms with Crippen molar-refractivity contribution >= 4 is 76.6 Å². The maximum absolute atomic E-state index is 6.86. The van der Waals surface area contributed by atoms with Crippen molar-refractivity contribution < 1.29 is 8.83 Å². The van der Waals surface area contributed by atoms with E-state index in [9.17, 15) is 0 Å². The van der Waals surface area contributed by atoms with Crippen molar-refractivity contribution in [2.45, 2.75) is 0 Å². The Morgan fingerprint density at radius 3 is 1.95 bits per heavy atom. The van der Waals surface area contributed by atoms with E-state index in [1.807, 2.05) is 48.5 Å². The van der Waals surface area contributed by atoms with Crippen molar-refractivity contribution in [1.29, 1.82) is 0 Å². The minimum Gasteiger partial charge on any atom is -0.455 e. The van der Waals surface area contributed by atoms with Crippen molar-refractivity contribution in [2.24, 2.45) is 0 Å². The standard InChI is InChI=1S/C50H29N3O2/c1-3-14-30(15-4-1)34-22-13-23-37-46-49(55-47(34)37)45(31-16-5-2-6-17-31)51-50(52-46)38-26-27-41(44-36-21-10-12-25-43(36)54-48(38)44)53-40-24-11-9-20-35(40)39-28-32-18-7-8-19-33(32)29-42(39)53/h1-29H. The number of fused-ring (bicyclic) bond motifs is 10. The molecular formula is C50H29N3O2. The molecule has 55 heavy (non-hydrogen) atoms. The highest BCUT2D eigenvalue weighted by Crippen LogP contribution is 2.44. The fourth-order valence-electron chi connectivity index (χ4n) is 8.51. The van der Waals surface area contributed by atoms with E-state index in [1.54, 1.807) is 0 Å². The number of benzene rings is 8. The van der Waals surface area contributed by atoms with E-state index >= 15 is 0 Å². The van der Waals surface area contributed by atoms with Crippen LogP contribution in [0.4, 0.5) is 0 Å². The van der Waals surface area contributed by atoms with Crippen LogP contribution in [0.15, 0.2) is 185 Å². The molecule has 0 unspecified atom stereocenters. The molecule has 0 spiro atoms. The summed E-state index contributed by atoms with van der Waals surface area (Å²) in [7, 11) is 0. The van der Waals surface area contributed by atoms with Crippen molar-refractivity contribution in [2.75, 3.05) is 0 Å². The molecule has 0 aliphatic carbocycles. The minimum absolute atomic E-state index is 0.572. The lowest BCUT2D eigenvalue weighted by molar-refractivity contribution is 0.666. The van der Waals surface area contributed by atoms with Gasteiger partial charge in [0, 0.05) is 32.7 Å². The Balaban J connectivity index is 1.18. The number of rotatable bonds is 4. The Hall–Kier alpha value is -7.50. The summed E-state index contributed by atoms with van der Waals surface area (Å²) >= 11 is 0. The second-order valence-corrected chi connectivity index (χ2v) is 14.1. The highest BCUT2D eigenvalue weighted by atomic mass is 16.3. The Bertz CT molecular complexity index is 3480. The first kappa shape index (κ1) is 30.0. The summed E-state index contributed by atoms with van der Waals surface area (Å²) in [5.74, 6) is 0.572. The lowest BCUT2D eigenvalue weighted by Gasteiger charge is -2.12. The number of hydrogen-bond donors (Lipinski definition) is 0. The van der Waals surface area contributed by atoms with Gasteiger partial charge in [-0.1, -0.05) is 133 Å². The first-order valence-corrected chi connectivity index (χ1v) is 18.5. The monoisotopic (exact) mass is 703 g/mol. The Labute approximate surface area is 314 Å². The normalized spacial score (nSPS) is 12.0. The molecule has 0 bridgehead atoms. The van der Waals surface area contributed by atoms with Crippen LogP contribution in [-0.4, -0.2) is 14.5 Å². The molecule has 0 saturated heterocycles. The number of furan rings is 2. The molecule has 8 aromatic carbocycles. The molecule has 5 nitrogen and oxygen atoms in total. The van der Waals surface area contributed by atoms with Crippen LogP contribution in [0, 0.1) is 0 Å². The van der Waals surface area contributed by atoms with Gasteiger partial charge in [-0.05, 0) is 58.8 Å². The van der Waals surface area contributed by atoms with Crippen molar-refractivity contribution in [3.05, 3.63) is 176 Å². The zero-order chi connectivity index (χ0) is 36.0. The predicted octanol–water partition coefficient (Wildman–Crippen LogP) is 13.5. The molecule has 0 amide bonds. The summed E-state index contributed by atoms with van der Waals surface area (Å²) in [6.07, 6.45) is 0. The quantitative estimate of drug-likeness (QED) is 0.183. The van der Waals surface area contributed by atoms with Gasteiger partial charge in [0.05, 0.1) is 27.7 Å². The van der Waals surface area contributed by atoms with Crippen LogP contribution in [-0.2, 0) is 0 Å². The Morgan fingerprint density at radius 2 is 1.11 bits per heavy atom. The summed E-state index contributed by atoms with van der Waals surface area (Å²) in [6, 6.07) is 61.3.